The fourth-order valence-electron chi connectivity index (χ4n) is 1.53. The van der Waals surface area contributed by atoms with Crippen LogP contribution < -0.4 is 11.1 Å². The van der Waals surface area contributed by atoms with Crippen molar-refractivity contribution in [2.24, 2.45) is 5.73 Å². The maximum atomic E-state index is 12.7. The van der Waals surface area contributed by atoms with Crippen LogP contribution in [0.15, 0.2) is 24.3 Å². The van der Waals surface area contributed by atoms with Gasteiger partial charge >= 0.3 is 0 Å². The highest BCUT2D eigenvalue weighted by Crippen LogP contribution is 2.11. The van der Waals surface area contributed by atoms with Crippen LogP contribution in [-0.2, 0) is 11.3 Å². The maximum Gasteiger partial charge on any atom is 0.240 e. The number of nitrogens with one attached hydrogen (secondary N) is 1. The highest BCUT2D eigenvalue weighted by Gasteiger charge is 2.29. The summed E-state index contributed by atoms with van der Waals surface area (Å²) in [5, 5.41) is 2.77. The molecule has 94 valence electrons. The largest absolute Gasteiger partial charge is 0.350 e. The van der Waals surface area contributed by atoms with Crippen LogP contribution >= 0.6 is 0 Å². The zero-order valence-corrected chi connectivity index (χ0v) is 10.3. The van der Waals surface area contributed by atoms with Crippen LogP contribution in [0.3, 0.4) is 0 Å². The van der Waals surface area contributed by atoms with Crippen molar-refractivity contribution in [2.45, 2.75) is 38.8 Å². The molecule has 0 radical (unpaired) electrons. The molecule has 0 fully saturated rings. The van der Waals surface area contributed by atoms with Crippen molar-refractivity contribution in [3.05, 3.63) is 35.6 Å². The lowest BCUT2D eigenvalue weighted by atomic mass is 9.93. The summed E-state index contributed by atoms with van der Waals surface area (Å²) in [6.45, 7) is 4.15. The first-order chi connectivity index (χ1) is 8.01. The Morgan fingerprint density at radius 1 is 1.29 bits per heavy atom. The molecule has 0 saturated carbocycles. The zero-order valence-electron chi connectivity index (χ0n) is 10.3. The summed E-state index contributed by atoms with van der Waals surface area (Å²) in [6.07, 6.45) is 1.19. The predicted molar refractivity (Wildman–Crippen MR) is 65.7 cm³/mol. The molecule has 4 heteroatoms. The Labute approximate surface area is 101 Å². The van der Waals surface area contributed by atoms with Gasteiger partial charge in [0.15, 0.2) is 0 Å². The number of carbonyl (C=O) groups excluding carboxylic acids is 1. The number of nitrogens with two attached hydrogens (primary N) is 1. The van der Waals surface area contributed by atoms with Gasteiger partial charge < -0.3 is 11.1 Å². The summed E-state index contributed by atoms with van der Waals surface area (Å²) >= 11 is 0. The first kappa shape index (κ1) is 13.6. The van der Waals surface area contributed by atoms with Crippen molar-refractivity contribution < 1.29 is 9.18 Å². The van der Waals surface area contributed by atoms with Crippen molar-refractivity contribution in [1.29, 1.82) is 0 Å². The van der Waals surface area contributed by atoms with Gasteiger partial charge in [0.1, 0.15) is 5.82 Å². The van der Waals surface area contributed by atoms with Crippen molar-refractivity contribution in [3.63, 3.8) is 0 Å². The Balaban J connectivity index is 2.56. The minimum absolute atomic E-state index is 0.160. The Hall–Kier alpha value is -1.42. The van der Waals surface area contributed by atoms with Gasteiger partial charge in [-0.25, -0.2) is 4.39 Å². The van der Waals surface area contributed by atoms with Gasteiger partial charge in [-0.1, -0.05) is 26.0 Å². The van der Waals surface area contributed by atoms with Gasteiger partial charge in [0.2, 0.25) is 5.91 Å². The molecule has 0 unspecified atom stereocenters. The van der Waals surface area contributed by atoms with E-state index in [9.17, 15) is 9.18 Å². The minimum Gasteiger partial charge on any atom is -0.350 e. The molecule has 0 aliphatic heterocycles. The third-order valence-corrected chi connectivity index (χ3v) is 3.08. The molecule has 0 aliphatic rings. The van der Waals surface area contributed by atoms with Crippen LogP contribution in [0, 0.1) is 5.82 Å². The van der Waals surface area contributed by atoms with Crippen LogP contribution in [0.1, 0.15) is 32.3 Å². The second-order valence-electron chi connectivity index (χ2n) is 4.17. The average molecular weight is 238 g/mol. The van der Waals surface area contributed by atoms with Crippen molar-refractivity contribution in [1.82, 2.24) is 5.32 Å². The first-order valence-corrected chi connectivity index (χ1v) is 5.83. The van der Waals surface area contributed by atoms with E-state index in [1.807, 2.05) is 13.8 Å². The van der Waals surface area contributed by atoms with E-state index in [-0.39, 0.29) is 11.7 Å². The van der Waals surface area contributed by atoms with E-state index in [0.717, 1.165) is 5.56 Å². The van der Waals surface area contributed by atoms with E-state index in [1.165, 1.54) is 12.1 Å². The van der Waals surface area contributed by atoms with E-state index >= 15 is 0 Å². The van der Waals surface area contributed by atoms with Gasteiger partial charge in [-0.2, -0.15) is 0 Å². The van der Waals surface area contributed by atoms with Gasteiger partial charge in [-0.15, -0.1) is 0 Å². The number of carbonyl (C=O) groups is 1. The van der Waals surface area contributed by atoms with E-state index in [2.05, 4.69) is 5.32 Å². The molecule has 17 heavy (non-hydrogen) atoms. The first-order valence-electron chi connectivity index (χ1n) is 5.83. The van der Waals surface area contributed by atoms with Crippen LogP contribution in [0.25, 0.3) is 0 Å². The molecule has 0 heterocycles. The summed E-state index contributed by atoms with van der Waals surface area (Å²) in [4.78, 5) is 11.9. The molecule has 0 bridgehead atoms. The molecular weight excluding hydrogens is 219 g/mol. The number of amides is 1. The molecule has 0 aromatic heterocycles. The highest BCUT2D eigenvalue weighted by molar-refractivity contribution is 5.85. The third kappa shape index (κ3) is 3.53. The molecule has 3 N–H and O–H groups in total. The Bertz CT molecular complexity index is 372. The second-order valence-corrected chi connectivity index (χ2v) is 4.17. The molecular formula is C13H19FN2O. The number of rotatable bonds is 5. The van der Waals surface area contributed by atoms with Crippen LogP contribution in [0.5, 0.6) is 0 Å². The standard InChI is InChI=1S/C13H19FN2O/c1-3-13(15,4-2)12(17)16-9-10-5-7-11(14)8-6-10/h5-8H,3-4,9,15H2,1-2H3,(H,16,17). The Kier molecular flexibility index (Phi) is 4.63. The molecule has 1 aromatic rings. The zero-order chi connectivity index (χ0) is 12.9. The summed E-state index contributed by atoms with van der Waals surface area (Å²) in [5.41, 5.74) is 6.01. The molecule has 0 aliphatic carbocycles. The van der Waals surface area contributed by atoms with Gasteiger partial charge in [0.05, 0.1) is 5.54 Å². The monoisotopic (exact) mass is 238 g/mol. The van der Waals surface area contributed by atoms with E-state index in [1.54, 1.807) is 12.1 Å². The lowest BCUT2D eigenvalue weighted by molar-refractivity contribution is -0.126. The highest BCUT2D eigenvalue weighted by atomic mass is 19.1. The summed E-state index contributed by atoms with van der Waals surface area (Å²) < 4.78 is 12.7. The number of hydrogen-bond donors (Lipinski definition) is 2. The molecule has 0 saturated heterocycles. The second kappa shape index (κ2) is 5.77. The Morgan fingerprint density at radius 3 is 2.29 bits per heavy atom. The van der Waals surface area contributed by atoms with E-state index in [0.29, 0.717) is 19.4 Å². The smallest absolute Gasteiger partial charge is 0.240 e. The lowest BCUT2D eigenvalue weighted by Gasteiger charge is -2.25. The summed E-state index contributed by atoms with van der Waals surface area (Å²) in [5.74, 6) is -0.442. The molecule has 0 spiro atoms. The topological polar surface area (TPSA) is 55.1 Å². The quantitative estimate of drug-likeness (QED) is 0.824. The fraction of sp³-hybridized carbons (Fsp3) is 0.462. The lowest BCUT2D eigenvalue weighted by Crippen LogP contribution is -2.52. The summed E-state index contributed by atoms with van der Waals surface area (Å²) in [6, 6.07) is 6.03. The number of benzene rings is 1. The van der Waals surface area contributed by atoms with Crippen LogP contribution in [0.4, 0.5) is 4.39 Å². The SMILES string of the molecule is CCC(N)(CC)C(=O)NCc1ccc(F)cc1. The fourth-order valence-corrected chi connectivity index (χ4v) is 1.53. The van der Waals surface area contributed by atoms with Crippen molar-refractivity contribution in [3.8, 4) is 0 Å². The van der Waals surface area contributed by atoms with Crippen molar-refractivity contribution >= 4 is 5.91 Å². The third-order valence-electron chi connectivity index (χ3n) is 3.08. The van der Waals surface area contributed by atoms with Crippen molar-refractivity contribution in [2.75, 3.05) is 0 Å². The summed E-state index contributed by atoms with van der Waals surface area (Å²) in [7, 11) is 0. The van der Waals surface area contributed by atoms with Crippen LogP contribution in [-0.4, -0.2) is 11.4 Å². The Morgan fingerprint density at radius 2 is 1.82 bits per heavy atom. The normalized spacial score (nSPS) is 11.3. The van der Waals surface area contributed by atoms with E-state index < -0.39 is 5.54 Å². The molecule has 0 atom stereocenters. The van der Waals surface area contributed by atoms with Gasteiger partial charge in [0, 0.05) is 6.54 Å². The van der Waals surface area contributed by atoms with Gasteiger partial charge in [0.25, 0.3) is 0 Å². The van der Waals surface area contributed by atoms with Gasteiger partial charge in [-0.3, -0.25) is 4.79 Å². The van der Waals surface area contributed by atoms with E-state index in [4.69, 9.17) is 5.73 Å². The molecule has 1 aromatic carbocycles. The maximum absolute atomic E-state index is 12.7. The molecule has 1 amide bonds. The average Bonchev–Trinajstić information content (AvgIpc) is 2.36. The number of halogens is 1. The predicted octanol–water partition coefficient (Wildman–Crippen LogP) is 1.96. The number of hydrogen-bond acceptors (Lipinski definition) is 2. The van der Waals surface area contributed by atoms with Gasteiger partial charge in [-0.05, 0) is 30.5 Å². The van der Waals surface area contributed by atoms with Crippen LogP contribution in [0.2, 0.25) is 0 Å². The minimum atomic E-state index is -0.806. The molecule has 3 nitrogen and oxygen atoms in total. The molecule has 1 rings (SSSR count).